The number of anilines is 1. The maximum absolute atomic E-state index is 13.4. The van der Waals surface area contributed by atoms with Crippen LogP contribution in [0, 0.1) is 5.82 Å². The standard InChI is InChI=1S/C21H36FN5O/c1-2-23-8-3-9-24-10-4-11-25-12-5-13-26-21(28)14-17-16-27-20-7-6-18(22)15-19(17)20/h6-7,15,17,23-25,27H,2-5,8-14,16H2,1H3,(H,26,28). The van der Waals surface area contributed by atoms with Crippen molar-refractivity contribution in [1.29, 1.82) is 0 Å². The van der Waals surface area contributed by atoms with Gasteiger partial charge in [-0.1, -0.05) is 6.92 Å². The summed E-state index contributed by atoms with van der Waals surface area (Å²) in [5.74, 6) is -0.164. The summed E-state index contributed by atoms with van der Waals surface area (Å²) in [5, 5.41) is 16.4. The number of halogens is 1. The zero-order valence-electron chi connectivity index (χ0n) is 17.1. The molecule has 0 aromatic heterocycles. The van der Waals surface area contributed by atoms with Crippen molar-refractivity contribution < 1.29 is 9.18 Å². The Balaban J connectivity index is 1.42. The SMILES string of the molecule is CCNCCCNCCCNCCCNC(=O)CC1CNc2ccc(F)cc21. The molecule has 0 bridgehead atoms. The van der Waals surface area contributed by atoms with E-state index in [4.69, 9.17) is 0 Å². The first-order valence-corrected chi connectivity index (χ1v) is 10.6. The number of benzene rings is 1. The minimum atomic E-state index is -0.248. The molecule has 1 aliphatic rings. The van der Waals surface area contributed by atoms with Crippen LogP contribution in [0.5, 0.6) is 0 Å². The highest BCUT2D eigenvalue weighted by Crippen LogP contribution is 2.33. The van der Waals surface area contributed by atoms with E-state index in [0.717, 1.165) is 63.4 Å². The molecular weight excluding hydrogens is 357 g/mol. The molecule has 6 nitrogen and oxygen atoms in total. The predicted molar refractivity (Wildman–Crippen MR) is 113 cm³/mol. The quantitative estimate of drug-likeness (QED) is 0.294. The van der Waals surface area contributed by atoms with E-state index >= 15 is 0 Å². The number of hydrogen-bond acceptors (Lipinski definition) is 5. The Bertz CT molecular complexity index is 584. The predicted octanol–water partition coefficient (Wildman–Crippen LogP) is 1.80. The highest BCUT2D eigenvalue weighted by molar-refractivity contribution is 5.78. The second-order valence-corrected chi connectivity index (χ2v) is 7.28. The van der Waals surface area contributed by atoms with Gasteiger partial charge < -0.3 is 26.6 Å². The van der Waals surface area contributed by atoms with Gasteiger partial charge in [0.2, 0.25) is 5.91 Å². The first-order valence-electron chi connectivity index (χ1n) is 10.6. The van der Waals surface area contributed by atoms with Crippen LogP contribution in [-0.4, -0.2) is 58.3 Å². The molecule has 1 aromatic carbocycles. The molecule has 0 saturated heterocycles. The van der Waals surface area contributed by atoms with Crippen LogP contribution in [0.2, 0.25) is 0 Å². The van der Waals surface area contributed by atoms with E-state index in [1.807, 2.05) is 0 Å². The maximum Gasteiger partial charge on any atom is 0.220 e. The highest BCUT2D eigenvalue weighted by Gasteiger charge is 2.24. The summed E-state index contributed by atoms with van der Waals surface area (Å²) in [6.45, 7) is 9.59. The molecule has 2 rings (SSSR count). The van der Waals surface area contributed by atoms with Crippen molar-refractivity contribution in [3.63, 3.8) is 0 Å². The third-order valence-electron chi connectivity index (χ3n) is 4.94. The van der Waals surface area contributed by atoms with Crippen molar-refractivity contribution in [3.05, 3.63) is 29.6 Å². The minimum Gasteiger partial charge on any atom is -0.384 e. The minimum absolute atomic E-state index is 0.0330. The maximum atomic E-state index is 13.4. The highest BCUT2D eigenvalue weighted by atomic mass is 19.1. The van der Waals surface area contributed by atoms with Crippen molar-refractivity contribution in [2.75, 3.05) is 57.7 Å². The van der Waals surface area contributed by atoms with Crippen LogP contribution in [0.1, 0.15) is 44.1 Å². The fourth-order valence-corrected chi connectivity index (χ4v) is 3.40. The first-order chi connectivity index (χ1) is 13.7. The zero-order chi connectivity index (χ0) is 20.0. The zero-order valence-corrected chi connectivity index (χ0v) is 17.1. The van der Waals surface area contributed by atoms with Gasteiger partial charge in [0.1, 0.15) is 5.82 Å². The molecule has 1 atom stereocenters. The Morgan fingerprint density at radius 2 is 1.68 bits per heavy atom. The lowest BCUT2D eigenvalue weighted by Crippen LogP contribution is -2.29. The van der Waals surface area contributed by atoms with Gasteiger partial charge in [0.25, 0.3) is 0 Å². The third-order valence-corrected chi connectivity index (χ3v) is 4.94. The summed E-state index contributed by atoms with van der Waals surface area (Å²) in [5.41, 5.74) is 1.85. The fraction of sp³-hybridized carbons (Fsp3) is 0.667. The Labute approximate surface area is 168 Å². The summed E-state index contributed by atoms with van der Waals surface area (Å²) in [7, 11) is 0. The van der Waals surface area contributed by atoms with Gasteiger partial charge in [0, 0.05) is 31.1 Å². The van der Waals surface area contributed by atoms with Crippen LogP contribution < -0.4 is 26.6 Å². The van der Waals surface area contributed by atoms with E-state index in [0.29, 0.717) is 19.5 Å². The largest absolute Gasteiger partial charge is 0.384 e. The molecule has 7 heteroatoms. The van der Waals surface area contributed by atoms with Gasteiger partial charge in [-0.2, -0.15) is 0 Å². The second kappa shape index (κ2) is 13.5. The number of carbonyl (C=O) groups is 1. The van der Waals surface area contributed by atoms with Crippen LogP contribution >= 0.6 is 0 Å². The molecule has 1 amide bonds. The first kappa shape index (κ1) is 22.6. The second-order valence-electron chi connectivity index (χ2n) is 7.28. The summed E-state index contributed by atoms with van der Waals surface area (Å²) in [4.78, 5) is 12.1. The molecule has 158 valence electrons. The lowest BCUT2D eigenvalue weighted by Gasteiger charge is -2.11. The molecule has 0 saturated carbocycles. The molecule has 0 spiro atoms. The van der Waals surface area contributed by atoms with Gasteiger partial charge in [-0.15, -0.1) is 0 Å². The number of rotatable bonds is 15. The van der Waals surface area contributed by atoms with Crippen LogP contribution in [0.4, 0.5) is 10.1 Å². The van der Waals surface area contributed by atoms with Crippen molar-refractivity contribution >= 4 is 11.6 Å². The molecule has 0 radical (unpaired) electrons. The van der Waals surface area contributed by atoms with Crippen molar-refractivity contribution in [3.8, 4) is 0 Å². The normalized spacial score (nSPS) is 15.3. The van der Waals surface area contributed by atoms with Crippen molar-refractivity contribution in [2.45, 2.75) is 38.5 Å². The Morgan fingerprint density at radius 1 is 1.04 bits per heavy atom. The van der Waals surface area contributed by atoms with Gasteiger partial charge in [0.05, 0.1) is 0 Å². The molecule has 1 aliphatic heterocycles. The monoisotopic (exact) mass is 393 g/mol. The summed E-state index contributed by atoms with van der Waals surface area (Å²) < 4.78 is 13.4. The Morgan fingerprint density at radius 3 is 2.36 bits per heavy atom. The molecule has 1 heterocycles. The van der Waals surface area contributed by atoms with Crippen molar-refractivity contribution in [1.82, 2.24) is 21.3 Å². The average molecular weight is 394 g/mol. The molecule has 0 fully saturated rings. The number of hydrogen-bond donors (Lipinski definition) is 5. The Kier molecular flexibility index (Phi) is 10.9. The number of amides is 1. The number of fused-ring (bicyclic) bond motifs is 1. The van der Waals surface area contributed by atoms with Gasteiger partial charge in [0.15, 0.2) is 0 Å². The van der Waals surface area contributed by atoms with E-state index in [1.54, 1.807) is 6.07 Å². The van der Waals surface area contributed by atoms with Gasteiger partial charge in [-0.05, 0) is 82.3 Å². The lowest BCUT2D eigenvalue weighted by molar-refractivity contribution is -0.121. The number of nitrogens with one attached hydrogen (secondary N) is 5. The van der Waals surface area contributed by atoms with E-state index in [2.05, 4.69) is 33.5 Å². The molecule has 1 unspecified atom stereocenters. The average Bonchev–Trinajstić information content (AvgIpc) is 3.07. The van der Waals surface area contributed by atoms with E-state index in [1.165, 1.54) is 18.6 Å². The van der Waals surface area contributed by atoms with Gasteiger partial charge >= 0.3 is 0 Å². The topological polar surface area (TPSA) is 77.2 Å². The van der Waals surface area contributed by atoms with E-state index < -0.39 is 0 Å². The summed E-state index contributed by atoms with van der Waals surface area (Å²) >= 11 is 0. The third kappa shape index (κ3) is 8.54. The molecule has 1 aromatic rings. The number of carbonyl (C=O) groups excluding carboxylic acids is 1. The van der Waals surface area contributed by atoms with Gasteiger partial charge in [-0.25, -0.2) is 4.39 Å². The summed E-state index contributed by atoms with van der Waals surface area (Å²) in [6.07, 6.45) is 3.59. The van der Waals surface area contributed by atoms with Crippen LogP contribution in [0.3, 0.4) is 0 Å². The van der Waals surface area contributed by atoms with Crippen LogP contribution in [-0.2, 0) is 4.79 Å². The summed E-state index contributed by atoms with van der Waals surface area (Å²) in [6, 6.07) is 4.73. The van der Waals surface area contributed by atoms with Crippen molar-refractivity contribution in [2.24, 2.45) is 0 Å². The lowest BCUT2D eigenvalue weighted by atomic mass is 9.97. The molecular formula is C21H36FN5O. The van der Waals surface area contributed by atoms with E-state index in [9.17, 15) is 9.18 Å². The Hall–Kier alpha value is -1.70. The van der Waals surface area contributed by atoms with Gasteiger partial charge in [-0.3, -0.25) is 4.79 Å². The smallest absolute Gasteiger partial charge is 0.220 e. The molecule has 0 aliphatic carbocycles. The van der Waals surface area contributed by atoms with Crippen LogP contribution in [0.15, 0.2) is 18.2 Å². The fourth-order valence-electron chi connectivity index (χ4n) is 3.40. The molecule has 5 N–H and O–H groups in total. The molecule has 28 heavy (non-hydrogen) atoms. The van der Waals surface area contributed by atoms with E-state index in [-0.39, 0.29) is 17.6 Å². The van der Waals surface area contributed by atoms with Crippen LogP contribution in [0.25, 0.3) is 0 Å².